The molecule has 0 radical (unpaired) electrons. The fourth-order valence-corrected chi connectivity index (χ4v) is 1.71. The van der Waals surface area contributed by atoms with E-state index in [-0.39, 0.29) is 6.03 Å². The van der Waals surface area contributed by atoms with E-state index >= 15 is 0 Å². The predicted molar refractivity (Wildman–Crippen MR) is 48.9 cm³/mol. The highest BCUT2D eigenvalue weighted by Crippen LogP contribution is 2.16. The van der Waals surface area contributed by atoms with Gasteiger partial charge in [-0.1, -0.05) is 0 Å². The summed E-state index contributed by atoms with van der Waals surface area (Å²) >= 11 is 0. The van der Waals surface area contributed by atoms with Gasteiger partial charge in [0.2, 0.25) is 0 Å². The van der Waals surface area contributed by atoms with Crippen molar-refractivity contribution in [3.8, 4) is 0 Å². The quantitative estimate of drug-likeness (QED) is 0.361. The Morgan fingerprint density at radius 2 is 2.54 bits per heavy atom. The lowest BCUT2D eigenvalue weighted by atomic mass is 9.99. The zero-order valence-electron chi connectivity index (χ0n) is 7.95. The maximum Gasteiger partial charge on any atom is 0.331 e. The molecule has 3 N–H and O–H groups in total. The highest BCUT2D eigenvalue weighted by Gasteiger charge is 2.22. The maximum absolute atomic E-state index is 11.2. The zero-order valence-corrected chi connectivity index (χ0v) is 7.95. The number of nitrogens with one attached hydrogen (secondary N) is 1. The average Bonchev–Trinajstić information content (AvgIpc) is 2.18. The molecule has 1 rings (SSSR count). The molecule has 5 nitrogen and oxygen atoms in total. The molecule has 0 aromatic rings. The number of ether oxygens (including phenoxy) is 1. The van der Waals surface area contributed by atoms with Crippen molar-refractivity contribution in [2.45, 2.75) is 12.8 Å². The van der Waals surface area contributed by atoms with Gasteiger partial charge in [-0.3, -0.25) is 5.43 Å². The largest absolute Gasteiger partial charge is 0.384 e. The number of piperidine rings is 1. The Morgan fingerprint density at radius 3 is 3.15 bits per heavy atom. The summed E-state index contributed by atoms with van der Waals surface area (Å²) in [6.45, 7) is 2.26. The Kier molecular flexibility index (Phi) is 3.98. The average molecular weight is 187 g/mol. The molecule has 1 unspecified atom stereocenters. The summed E-state index contributed by atoms with van der Waals surface area (Å²) in [5.41, 5.74) is 2.14. The SMILES string of the molecule is COCC1CCCN(C(=O)NN)C1. The number of urea groups is 1. The first-order valence-electron chi connectivity index (χ1n) is 4.52. The third-order valence-corrected chi connectivity index (χ3v) is 2.33. The van der Waals surface area contributed by atoms with E-state index in [1.54, 1.807) is 12.0 Å². The lowest BCUT2D eigenvalue weighted by Crippen LogP contribution is -2.48. The molecule has 0 aliphatic carbocycles. The van der Waals surface area contributed by atoms with E-state index in [0.29, 0.717) is 12.5 Å². The molecule has 2 amide bonds. The van der Waals surface area contributed by atoms with Crippen LogP contribution >= 0.6 is 0 Å². The molecule has 1 aliphatic heterocycles. The van der Waals surface area contributed by atoms with E-state index < -0.39 is 0 Å². The third-order valence-electron chi connectivity index (χ3n) is 2.33. The van der Waals surface area contributed by atoms with Crippen LogP contribution in [0.4, 0.5) is 4.79 Å². The molecule has 5 heteroatoms. The van der Waals surface area contributed by atoms with Gasteiger partial charge in [0.15, 0.2) is 0 Å². The minimum Gasteiger partial charge on any atom is -0.384 e. The van der Waals surface area contributed by atoms with Gasteiger partial charge >= 0.3 is 6.03 Å². The molecule has 0 bridgehead atoms. The first-order chi connectivity index (χ1) is 6.27. The number of carbonyl (C=O) groups is 1. The lowest BCUT2D eigenvalue weighted by Gasteiger charge is -2.31. The normalized spacial score (nSPS) is 22.9. The van der Waals surface area contributed by atoms with Gasteiger partial charge in [0.1, 0.15) is 0 Å². The molecule has 76 valence electrons. The van der Waals surface area contributed by atoms with Crippen LogP contribution in [0.2, 0.25) is 0 Å². The van der Waals surface area contributed by atoms with Crippen LogP contribution in [0.1, 0.15) is 12.8 Å². The second kappa shape index (κ2) is 5.04. The van der Waals surface area contributed by atoms with Crippen molar-refractivity contribution in [3.05, 3.63) is 0 Å². The number of amides is 2. The minimum atomic E-state index is -0.194. The predicted octanol–water partition coefficient (Wildman–Crippen LogP) is -0.0719. The van der Waals surface area contributed by atoms with Crippen LogP contribution in [-0.2, 0) is 4.74 Å². The van der Waals surface area contributed by atoms with Crippen LogP contribution < -0.4 is 11.3 Å². The molecule has 1 atom stereocenters. The number of methoxy groups -OCH3 is 1. The van der Waals surface area contributed by atoms with Gasteiger partial charge in [-0.25, -0.2) is 10.6 Å². The Balaban J connectivity index is 2.37. The van der Waals surface area contributed by atoms with E-state index in [4.69, 9.17) is 10.6 Å². The summed E-state index contributed by atoms with van der Waals surface area (Å²) in [5.74, 6) is 5.50. The van der Waals surface area contributed by atoms with E-state index in [0.717, 1.165) is 25.9 Å². The summed E-state index contributed by atoms with van der Waals surface area (Å²) in [6.07, 6.45) is 2.16. The van der Waals surface area contributed by atoms with E-state index in [1.807, 2.05) is 0 Å². The Hall–Kier alpha value is -0.810. The van der Waals surface area contributed by atoms with Crippen molar-refractivity contribution in [3.63, 3.8) is 0 Å². The van der Waals surface area contributed by atoms with Crippen LogP contribution in [0, 0.1) is 5.92 Å². The summed E-state index contributed by atoms with van der Waals surface area (Å²) in [7, 11) is 1.68. The molecule has 0 aromatic heterocycles. The number of hydrogen-bond donors (Lipinski definition) is 2. The second-order valence-electron chi connectivity index (χ2n) is 3.36. The molecule has 1 fully saturated rings. The van der Waals surface area contributed by atoms with Crippen molar-refractivity contribution in [2.75, 3.05) is 26.8 Å². The molecular formula is C8H17N3O2. The topological polar surface area (TPSA) is 67.6 Å². The van der Waals surface area contributed by atoms with Crippen molar-refractivity contribution < 1.29 is 9.53 Å². The lowest BCUT2D eigenvalue weighted by molar-refractivity contribution is 0.100. The smallest absolute Gasteiger partial charge is 0.331 e. The van der Waals surface area contributed by atoms with Gasteiger partial charge in [0, 0.05) is 26.1 Å². The van der Waals surface area contributed by atoms with Gasteiger partial charge in [-0.05, 0) is 12.8 Å². The number of nitrogens with two attached hydrogens (primary N) is 1. The number of hydrogen-bond acceptors (Lipinski definition) is 3. The standard InChI is InChI=1S/C8H17N3O2/c1-13-6-7-3-2-4-11(5-7)8(12)10-9/h7H,2-6,9H2,1H3,(H,10,12). The summed E-state index contributed by atoms with van der Waals surface area (Å²) in [5, 5.41) is 0. The zero-order chi connectivity index (χ0) is 9.68. The van der Waals surface area contributed by atoms with Gasteiger partial charge in [0.25, 0.3) is 0 Å². The number of carbonyl (C=O) groups excluding carboxylic acids is 1. The fourth-order valence-electron chi connectivity index (χ4n) is 1.71. The van der Waals surface area contributed by atoms with Crippen LogP contribution in [0.25, 0.3) is 0 Å². The fraction of sp³-hybridized carbons (Fsp3) is 0.875. The van der Waals surface area contributed by atoms with Crippen LogP contribution in [0.15, 0.2) is 0 Å². The summed E-state index contributed by atoms with van der Waals surface area (Å²) < 4.78 is 5.05. The summed E-state index contributed by atoms with van der Waals surface area (Å²) in [6, 6.07) is -0.194. The van der Waals surface area contributed by atoms with Crippen molar-refractivity contribution in [2.24, 2.45) is 11.8 Å². The minimum absolute atomic E-state index is 0.194. The van der Waals surface area contributed by atoms with Gasteiger partial charge in [-0.15, -0.1) is 0 Å². The highest BCUT2D eigenvalue weighted by molar-refractivity contribution is 5.73. The molecule has 0 aromatic carbocycles. The molecule has 13 heavy (non-hydrogen) atoms. The van der Waals surface area contributed by atoms with Crippen LogP contribution in [-0.4, -0.2) is 37.7 Å². The first kappa shape index (κ1) is 10.3. The Morgan fingerprint density at radius 1 is 1.77 bits per heavy atom. The molecule has 1 heterocycles. The van der Waals surface area contributed by atoms with Gasteiger partial charge < -0.3 is 9.64 Å². The maximum atomic E-state index is 11.2. The van der Waals surface area contributed by atoms with Crippen molar-refractivity contribution >= 4 is 6.03 Å². The van der Waals surface area contributed by atoms with Crippen molar-refractivity contribution in [1.82, 2.24) is 10.3 Å². The second-order valence-corrected chi connectivity index (χ2v) is 3.36. The van der Waals surface area contributed by atoms with Crippen LogP contribution in [0.5, 0.6) is 0 Å². The van der Waals surface area contributed by atoms with E-state index in [9.17, 15) is 4.79 Å². The summed E-state index contributed by atoms with van der Waals surface area (Å²) in [4.78, 5) is 12.9. The first-order valence-corrected chi connectivity index (χ1v) is 4.52. The van der Waals surface area contributed by atoms with Crippen molar-refractivity contribution in [1.29, 1.82) is 0 Å². The highest BCUT2D eigenvalue weighted by atomic mass is 16.5. The number of nitrogens with zero attached hydrogens (tertiary/aromatic N) is 1. The Labute approximate surface area is 78.2 Å². The van der Waals surface area contributed by atoms with Crippen LogP contribution in [0.3, 0.4) is 0 Å². The van der Waals surface area contributed by atoms with E-state index in [2.05, 4.69) is 5.43 Å². The van der Waals surface area contributed by atoms with Gasteiger partial charge in [0.05, 0.1) is 6.61 Å². The number of hydrazine groups is 1. The molecule has 1 aliphatic rings. The molecule has 0 spiro atoms. The monoisotopic (exact) mass is 187 g/mol. The third kappa shape index (κ3) is 2.86. The number of rotatable bonds is 2. The molecule has 1 saturated heterocycles. The number of likely N-dealkylation sites (tertiary alicyclic amines) is 1. The Bertz CT molecular complexity index is 173. The molecular weight excluding hydrogens is 170 g/mol. The van der Waals surface area contributed by atoms with Gasteiger partial charge in [-0.2, -0.15) is 0 Å². The van der Waals surface area contributed by atoms with E-state index in [1.165, 1.54) is 0 Å². The molecule has 0 saturated carbocycles.